The van der Waals surface area contributed by atoms with Gasteiger partial charge in [0.15, 0.2) is 11.5 Å². The van der Waals surface area contributed by atoms with Crippen molar-refractivity contribution >= 4 is 11.6 Å². The van der Waals surface area contributed by atoms with E-state index in [4.69, 9.17) is 14.2 Å². The van der Waals surface area contributed by atoms with Gasteiger partial charge in [-0.15, -0.1) is 0 Å². The van der Waals surface area contributed by atoms with Gasteiger partial charge < -0.3 is 19.1 Å². The van der Waals surface area contributed by atoms with Crippen LogP contribution in [0.25, 0.3) is 0 Å². The summed E-state index contributed by atoms with van der Waals surface area (Å²) in [6.45, 7) is 3.15. The van der Waals surface area contributed by atoms with Gasteiger partial charge in [0.1, 0.15) is 0 Å². The Balaban J connectivity index is 1.51. The maximum Gasteiger partial charge on any atom is 0.229 e. The van der Waals surface area contributed by atoms with Gasteiger partial charge in [0.05, 0.1) is 38.5 Å². The lowest BCUT2D eigenvalue weighted by Crippen LogP contribution is -2.70. The molecule has 6 nitrogen and oxygen atoms in total. The summed E-state index contributed by atoms with van der Waals surface area (Å²) >= 11 is 0. The van der Waals surface area contributed by atoms with Crippen LogP contribution in [0.5, 0.6) is 11.5 Å². The molecule has 6 heteroatoms. The van der Waals surface area contributed by atoms with Crippen LogP contribution in [0.2, 0.25) is 0 Å². The molecule has 0 radical (unpaired) electrons. The molecule has 1 aromatic rings. The Labute approximate surface area is 171 Å². The second-order valence-corrected chi connectivity index (χ2v) is 9.87. The van der Waals surface area contributed by atoms with E-state index in [0.717, 1.165) is 37.4 Å². The van der Waals surface area contributed by atoms with Gasteiger partial charge in [0.25, 0.3) is 0 Å². The third kappa shape index (κ3) is 1.81. The van der Waals surface area contributed by atoms with Gasteiger partial charge in [0.2, 0.25) is 5.91 Å². The second kappa shape index (κ2) is 5.46. The number of carbonyl (C=O) groups is 1. The molecule has 1 spiro atoms. The van der Waals surface area contributed by atoms with Crippen molar-refractivity contribution in [3.63, 3.8) is 0 Å². The van der Waals surface area contributed by atoms with E-state index in [0.29, 0.717) is 36.0 Å². The van der Waals surface area contributed by atoms with Crippen molar-refractivity contribution in [2.75, 3.05) is 38.8 Å². The predicted molar refractivity (Wildman–Crippen MR) is 107 cm³/mol. The number of rotatable bonds is 2. The quantitative estimate of drug-likeness (QED) is 0.767. The first-order valence-corrected chi connectivity index (χ1v) is 11.1. The van der Waals surface area contributed by atoms with Gasteiger partial charge in [-0.2, -0.15) is 0 Å². The van der Waals surface area contributed by atoms with E-state index in [9.17, 15) is 4.79 Å². The third-order valence-electron chi connectivity index (χ3n) is 9.24. The van der Waals surface area contributed by atoms with E-state index in [2.05, 4.69) is 21.9 Å². The molecular weight excluding hydrogens is 368 g/mol. The van der Waals surface area contributed by atoms with Crippen molar-refractivity contribution in [2.24, 2.45) is 17.8 Å². The minimum Gasteiger partial charge on any atom is -0.493 e. The Bertz CT molecular complexity index is 918. The lowest BCUT2D eigenvalue weighted by atomic mass is 9.52. The summed E-state index contributed by atoms with van der Waals surface area (Å²) in [6.07, 6.45) is 4.12. The number of benzene rings is 1. The highest BCUT2D eigenvalue weighted by molar-refractivity contribution is 5.99. The van der Waals surface area contributed by atoms with Crippen LogP contribution >= 0.6 is 0 Å². The first-order chi connectivity index (χ1) is 14.2. The summed E-state index contributed by atoms with van der Waals surface area (Å²) in [5.41, 5.74) is 2.37. The van der Waals surface area contributed by atoms with Crippen molar-refractivity contribution in [1.29, 1.82) is 0 Å². The van der Waals surface area contributed by atoms with E-state index >= 15 is 0 Å². The van der Waals surface area contributed by atoms with Gasteiger partial charge in [-0.1, -0.05) is 0 Å². The van der Waals surface area contributed by atoms with Crippen molar-refractivity contribution in [3.05, 3.63) is 17.7 Å². The molecule has 4 saturated heterocycles. The SMILES string of the molecule is COc1cc2c(cc1OC)[C@@]13CCN4CC5CCO[C@H]6CC(=O)N2[C@H]1C6[C@H]5C[C@H]43. The highest BCUT2D eigenvalue weighted by atomic mass is 16.5. The van der Waals surface area contributed by atoms with Crippen LogP contribution in [0.15, 0.2) is 12.1 Å². The minimum atomic E-state index is 0.00303. The summed E-state index contributed by atoms with van der Waals surface area (Å²) < 4.78 is 17.7. The molecule has 2 bridgehead atoms. The van der Waals surface area contributed by atoms with Gasteiger partial charge >= 0.3 is 0 Å². The Hall–Kier alpha value is -1.79. The van der Waals surface area contributed by atoms with E-state index < -0.39 is 0 Å². The molecule has 1 saturated carbocycles. The molecule has 0 aromatic heterocycles. The summed E-state index contributed by atoms with van der Waals surface area (Å²) in [6, 6.07) is 4.98. The molecular formula is C23H28N2O4. The van der Waals surface area contributed by atoms with Crippen LogP contribution in [-0.2, 0) is 14.9 Å². The van der Waals surface area contributed by atoms with Gasteiger partial charge in [-0.3, -0.25) is 9.69 Å². The molecule has 5 heterocycles. The summed E-state index contributed by atoms with van der Waals surface area (Å²) in [5, 5.41) is 0. The number of amides is 1. The molecule has 0 N–H and O–H groups in total. The lowest BCUT2D eigenvalue weighted by molar-refractivity contribution is -0.134. The minimum absolute atomic E-state index is 0.00303. The number of hydrogen-bond donors (Lipinski definition) is 0. The molecule has 5 aliphatic heterocycles. The van der Waals surface area contributed by atoms with Crippen LogP contribution < -0.4 is 14.4 Å². The molecule has 6 aliphatic rings. The Morgan fingerprint density at radius 2 is 2.03 bits per heavy atom. The summed E-state index contributed by atoms with van der Waals surface area (Å²) in [5.74, 6) is 3.54. The zero-order valence-electron chi connectivity index (χ0n) is 17.1. The molecule has 7 rings (SSSR count). The maximum absolute atomic E-state index is 13.5. The Morgan fingerprint density at radius 1 is 1.21 bits per heavy atom. The van der Waals surface area contributed by atoms with E-state index in [1.807, 2.05) is 0 Å². The Kier molecular flexibility index (Phi) is 3.19. The highest BCUT2D eigenvalue weighted by Gasteiger charge is 2.71. The average molecular weight is 396 g/mol. The first-order valence-electron chi connectivity index (χ1n) is 11.1. The monoisotopic (exact) mass is 396 g/mol. The summed E-state index contributed by atoms with van der Waals surface area (Å²) in [4.78, 5) is 18.4. The van der Waals surface area contributed by atoms with E-state index in [1.54, 1.807) is 14.2 Å². The lowest BCUT2D eigenvalue weighted by Gasteiger charge is -2.59. The van der Waals surface area contributed by atoms with Crippen molar-refractivity contribution < 1.29 is 19.0 Å². The molecule has 5 fully saturated rings. The van der Waals surface area contributed by atoms with Gasteiger partial charge in [-0.25, -0.2) is 0 Å². The molecule has 29 heavy (non-hydrogen) atoms. The van der Waals surface area contributed by atoms with Crippen molar-refractivity contribution in [1.82, 2.24) is 4.90 Å². The number of carbonyl (C=O) groups excluding carboxylic acids is 1. The molecule has 1 aromatic carbocycles. The fourth-order valence-electron chi connectivity index (χ4n) is 8.32. The van der Waals surface area contributed by atoms with Crippen molar-refractivity contribution in [3.8, 4) is 11.5 Å². The number of piperidine rings is 2. The van der Waals surface area contributed by atoms with Crippen LogP contribution in [0.4, 0.5) is 5.69 Å². The topological polar surface area (TPSA) is 51.2 Å². The van der Waals surface area contributed by atoms with Crippen LogP contribution in [0, 0.1) is 17.8 Å². The van der Waals surface area contributed by atoms with Gasteiger partial charge in [0, 0.05) is 36.6 Å². The zero-order valence-corrected chi connectivity index (χ0v) is 17.1. The fraction of sp³-hybridized carbons (Fsp3) is 0.696. The van der Waals surface area contributed by atoms with Gasteiger partial charge in [-0.05, 0) is 49.3 Å². The number of methoxy groups -OCH3 is 2. The summed E-state index contributed by atoms with van der Waals surface area (Å²) in [7, 11) is 3.38. The molecule has 1 amide bonds. The smallest absolute Gasteiger partial charge is 0.229 e. The number of ether oxygens (including phenoxy) is 3. The predicted octanol–water partition coefficient (Wildman–Crippen LogP) is 2.19. The fourth-order valence-corrected chi connectivity index (χ4v) is 8.32. The normalized spacial score (nSPS) is 43.8. The standard InChI is InChI=1S/C23H28N2O4/c1-27-16-8-14-15(9-17(16)28-2)25-20(26)10-18-21-13-7-19-23(14,22(21)25)4-5-24(19)11-12(13)3-6-29-18/h8-9,12-13,18-19,21-22H,3-7,10-11H2,1-2H3/t12?,13-,18-,19-,21?,22-,23+/m0/s1. The van der Waals surface area contributed by atoms with Crippen molar-refractivity contribution in [2.45, 2.75) is 49.3 Å². The first kappa shape index (κ1) is 16.9. The highest BCUT2D eigenvalue weighted by Crippen LogP contribution is 2.67. The molecule has 154 valence electrons. The second-order valence-electron chi connectivity index (χ2n) is 9.87. The number of anilines is 1. The Morgan fingerprint density at radius 3 is 2.86 bits per heavy atom. The number of nitrogens with zero attached hydrogens (tertiary/aromatic N) is 2. The van der Waals surface area contributed by atoms with E-state index in [-0.39, 0.29) is 23.5 Å². The molecule has 2 unspecified atom stereocenters. The zero-order chi connectivity index (χ0) is 19.5. The maximum atomic E-state index is 13.5. The number of hydrogen-bond acceptors (Lipinski definition) is 5. The third-order valence-corrected chi connectivity index (χ3v) is 9.24. The number of fused-ring (bicyclic) bond motifs is 2. The molecule has 7 atom stereocenters. The average Bonchev–Trinajstić information content (AvgIpc) is 3.20. The van der Waals surface area contributed by atoms with Crippen LogP contribution in [0.1, 0.15) is 31.2 Å². The van der Waals surface area contributed by atoms with E-state index in [1.165, 1.54) is 18.5 Å². The van der Waals surface area contributed by atoms with Crippen LogP contribution in [-0.4, -0.2) is 62.9 Å². The largest absolute Gasteiger partial charge is 0.493 e. The van der Waals surface area contributed by atoms with Crippen LogP contribution in [0.3, 0.4) is 0 Å². The molecule has 1 aliphatic carbocycles.